The van der Waals surface area contributed by atoms with E-state index in [1.807, 2.05) is 12.3 Å². The molecule has 3 aromatic heterocycles. The molecule has 0 amide bonds. The second-order valence-corrected chi connectivity index (χ2v) is 15.0. The van der Waals surface area contributed by atoms with Crippen molar-refractivity contribution in [3.8, 4) is 34.0 Å². The van der Waals surface area contributed by atoms with Gasteiger partial charge in [-0.2, -0.15) is 0 Å². The van der Waals surface area contributed by atoms with Gasteiger partial charge in [-0.15, -0.1) is 0 Å². The third-order valence-corrected chi connectivity index (χ3v) is 12.4. The van der Waals surface area contributed by atoms with Gasteiger partial charge in [0.1, 0.15) is 11.5 Å². The van der Waals surface area contributed by atoms with Gasteiger partial charge in [0, 0.05) is 50.1 Å². The Morgan fingerprint density at radius 3 is 2.05 bits per heavy atom. The Morgan fingerprint density at radius 1 is 0.464 bits per heavy atom. The molecule has 0 saturated heterocycles. The van der Waals surface area contributed by atoms with Crippen molar-refractivity contribution >= 4 is 54.5 Å². The fourth-order valence-corrected chi connectivity index (χ4v) is 10.2. The van der Waals surface area contributed by atoms with Crippen LogP contribution in [0.5, 0.6) is 11.5 Å². The van der Waals surface area contributed by atoms with Crippen LogP contribution in [-0.2, 0) is 5.41 Å². The minimum Gasteiger partial charge on any atom is -0.456 e. The summed E-state index contributed by atoms with van der Waals surface area (Å²) in [4.78, 5) is 4.73. The number of hydrogen-bond donors (Lipinski definition) is 0. The van der Waals surface area contributed by atoms with Gasteiger partial charge in [0.05, 0.1) is 44.1 Å². The first-order valence-corrected chi connectivity index (χ1v) is 19.2. The topological polar surface area (TPSA) is 32.0 Å². The van der Waals surface area contributed by atoms with Gasteiger partial charge in [0.15, 0.2) is 0 Å². The molecule has 4 nitrogen and oxygen atoms in total. The van der Waals surface area contributed by atoms with Crippen molar-refractivity contribution in [3.63, 3.8) is 0 Å². The molecule has 5 heterocycles. The quantitative estimate of drug-likeness (QED) is 0.179. The van der Waals surface area contributed by atoms with Gasteiger partial charge >= 0.3 is 0 Å². The van der Waals surface area contributed by atoms with E-state index in [0.29, 0.717) is 0 Å². The van der Waals surface area contributed by atoms with Crippen molar-refractivity contribution < 1.29 is 4.74 Å². The molecule has 11 aromatic rings. The first kappa shape index (κ1) is 30.0. The van der Waals surface area contributed by atoms with Crippen LogP contribution >= 0.6 is 0 Å². The normalized spacial score (nSPS) is 15.4. The van der Waals surface area contributed by atoms with E-state index in [0.717, 1.165) is 72.1 Å². The Morgan fingerprint density at radius 2 is 1.16 bits per heavy atom. The second kappa shape index (κ2) is 10.8. The summed E-state index contributed by atoms with van der Waals surface area (Å²) in [5.41, 5.74) is 14.5. The Hall–Kier alpha value is -7.43. The van der Waals surface area contributed by atoms with Crippen LogP contribution in [0.25, 0.3) is 77.0 Å². The van der Waals surface area contributed by atoms with Crippen LogP contribution < -0.4 is 4.74 Å². The molecule has 4 heteroatoms. The maximum absolute atomic E-state index is 7.22. The standard InChI is InChI=1S/C52H31N3O/c1-5-21-43-36(14-1)37-17-10-20-41-50(37)55(43)45-23-7-3-18-39(45)52(41)40-19-4-8-24-47(40)56-51-42(52)29-30-46-48(51)38-15-2-6-22-44(38)54(46)34-27-25-32(26-28-34)35-16-9-12-33-13-11-31-53-49(33)35/h1-31H. The molecule has 2 aliphatic heterocycles. The number of rotatable bonds is 2. The molecule has 0 saturated carbocycles. The first-order valence-electron chi connectivity index (χ1n) is 19.2. The molecule has 0 aliphatic carbocycles. The minimum atomic E-state index is -0.629. The number of fused-ring (bicyclic) bond motifs is 16. The maximum Gasteiger partial charge on any atom is 0.142 e. The molecule has 0 bridgehead atoms. The van der Waals surface area contributed by atoms with Crippen LogP contribution in [-0.4, -0.2) is 14.1 Å². The molecule has 0 N–H and O–H groups in total. The molecule has 56 heavy (non-hydrogen) atoms. The highest BCUT2D eigenvalue weighted by Crippen LogP contribution is 2.62. The summed E-state index contributed by atoms with van der Waals surface area (Å²) in [5, 5.41) is 5.94. The zero-order valence-electron chi connectivity index (χ0n) is 30.1. The highest BCUT2D eigenvalue weighted by molar-refractivity contribution is 6.15. The average molecular weight is 714 g/mol. The van der Waals surface area contributed by atoms with Crippen molar-refractivity contribution in [3.05, 3.63) is 210 Å². The van der Waals surface area contributed by atoms with Crippen molar-refractivity contribution in [1.82, 2.24) is 14.1 Å². The molecule has 2 aliphatic rings. The molecule has 0 radical (unpaired) electrons. The predicted octanol–water partition coefficient (Wildman–Crippen LogP) is 12.9. The van der Waals surface area contributed by atoms with Gasteiger partial charge in [0.25, 0.3) is 0 Å². The van der Waals surface area contributed by atoms with E-state index in [1.54, 1.807) is 0 Å². The maximum atomic E-state index is 7.22. The van der Waals surface area contributed by atoms with E-state index in [2.05, 4.69) is 185 Å². The van der Waals surface area contributed by atoms with Crippen LogP contribution in [0.3, 0.4) is 0 Å². The summed E-state index contributed by atoms with van der Waals surface area (Å²) in [6.45, 7) is 0. The van der Waals surface area contributed by atoms with Crippen molar-refractivity contribution in [2.24, 2.45) is 0 Å². The van der Waals surface area contributed by atoms with E-state index >= 15 is 0 Å². The van der Waals surface area contributed by atoms with Gasteiger partial charge in [-0.05, 0) is 65.2 Å². The number of nitrogens with zero attached hydrogens (tertiary/aromatic N) is 3. The van der Waals surface area contributed by atoms with E-state index in [1.165, 1.54) is 38.6 Å². The van der Waals surface area contributed by atoms with Crippen LogP contribution in [0.4, 0.5) is 0 Å². The SMILES string of the molecule is c1ccc2c(c1)Oc1c(ccc3c1c1ccccc1n3-c1ccc(-c3cccc4cccnc34)cc1)C21c2ccccc2-n2c3ccccc3c3cccc1c32. The summed E-state index contributed by atoms with van der Waals surface area (Å²) in [6, 6.07) is 66.2. The lowest BCUT2D eigenvalue weighted by molar-refractivity contribution is 0.439. The summed E-state index contributed by atoms with van der Waals surface area (Å²) >= 11 is 0. The summed E-state index contributed by atoms with van der Waals surface area (Å²) in [5.74, 6) is 1.79. The molecule has 260 valence electrons. The van der Waals surface area contributed by atoms with Crippen LogP contribution in [0, 0.1) is 0 Å². The van der Waals surface area contributed by atoms with Gasteiger partial charge in [-0.3, -0.25) is 4.98 Å². The van der Waals surface area contributed by atoms with Crippen LogP contribution in [0.2, 0.25) is 0 Å². The van der Waals surface area contributed by atoms with Gasteiger partial charge in [-0.25, -0.2) is 0 Å². The Balaban J connectivity index is 1.11. The van der Waals surface area contributed by atoms with Gasteiger partial charge in [0.2, 0.25) is 0 Å². The second-order valence-electron chi connectivity index (χ2n) is 15.0. The monoisotopic (exact) mass is 713 g/mol. The molecule has 13 rings (SSSR count). The summed E-state index contributed by atoms with van der Waals surface area (Å²) in [6.07, 6.45) is 1.87. The summed E-state index contributed by atoms with van der Waals surface area (Å²) < 4.78 is 12.1. The largest absolute Gasteiger partial charge is 0.456 e. The molecular formula is C52H31N3O. The van der Waals surface area contributed by atoms with Crippen molar-refractivity contribution in [1.29, 1.82) is 0 Å². The van der Waals surface area contributed by atoms with E-state index in [9.17, 15) is 0 Å². The minimum absolute atomic E-state index is 0.629. The summed E-state index contributed by atoms with van der Waals surface area (Å²) in [7, 11) is 0. The fraction of sp³-hybridized carbons (Fsp3) is 0.0192. The Bertz CT molecular complexity index is 3460. The Kier molecular flexibility index (Phi) is 5.80. The zero-order valence-corrected chi connectivity index (χ0v) is 30.1. The predicted molar refractivity (Wildman–Crippen MR) is 228 cm³/mol. The smallest absolute Gasteiger partial charge is 0.142 e. The lowest BCUT2D eigenvalue weighted by atomic mass is 9.61. The van der Waals surface area contributed by atoms with Crippen LogP contribution in [0.1, 0.15) is 22.3 Å². The van der Waals surface area contributed by atoms with E-state index < -0.39 is 5.41 Å². The molecule has 8 aromatic carbocycles. The molecule has 1 spiro atoms. The average Bonchev–Trinajstić information content (AvgIpc) is 3.79. The molecule has 1 atom stereocenters. The number of hydrogen-bond acceptors (Lipinski definition) is 2. The molecular weight excluding hydrogens is 683 g/mol. The zero-order chi connectivity index (χ0) is 36.5. The first-order chi connectivity index (χ1) is 27.8. The molecule has 0 fully saturated rings. The number of benzene rings is 8. The van der Waals surface area contributed by atoms with Crippen LogP contribution in [0.15, 0.2) is 188 Å². The third kappa shape index (κ3) is 3.66. The number of pyridine rings is 1. The van der Waals surface area contributed by atoms with Crippen molar-refractivity contribution in [2.75, 3.05) is 0 Å². The lowest BCUT2D eigenvalue weighted by Gasteiger charge is -2.45. The van der Waals surface area contributed by atoms with E-state index in [4.69, 9.17) is 9.72 Å². The highest BCUT2D eigenvalue weighted by atomic mass is 16.5. The number of aromatic nitrogens is 3. The highest BCUT2D eigenvalue weighted by Gasteiger charge is 2.50. The number of ether oxygens (including phenoxy) is 1. The number of para-hydroxylation sites is 6. The lowest BCUT2D eigenvalue weighted by Crippen LogP contribution is -2.37. The van der Waals surface area contributed by atoms with E-state index in [-0.39, 0.29) is 0 Å². The third-order valence-electron chi connectivity index (χ3n) is 12.4. The fourth-order valence-electron chi connectivity index (χ4n) is 10.2. The van der Waals surface area contributed by atoms with Gasteiger partial charge < -0.3 is 13.9 Å². The molecule has 1 unspecified atom stereocenters. The van der Waals surface area contributed by atoms with Crippen molar-refractivity contribution in [2.45, 2.75) is 5.41 Å². The Labute approximate surface area is 322 Å². The van der Waals surface area contributed by atoms with Gasteiger partial charge in [-0.1, -0.05) is 133 Å².